The minimum absolute atomic E-state index is 0.126. The fraction of sp³-hybridized carbons (Fsp3) is 0.286. The van der Waals surface area contributed by atoms with E-state index in [-0.39, 0.29) is 17.1 Å². The number of nitrogens with two attached hydrogens (primary N) is 1. The molecule has 2 rings (SSSR count). The highest BCUT2D eigenvalue weighted by Gasteiger charge is 2.26. The van der Waals surface area contributed by atoms with Crippen LogP contribution in [0, 0.1) is 6.92 Å². The summed E-state index contributed by atoms with van der Waals surface area (Å²) in [5.41, 5.74) is 8.32. The fourth-order valence-corrected chi connectivity index (χ4v) is 1.99. The van der Waals surface area contributed by atoms with E-state index in [2.05, 4.69) is 0 Å². The lowest BCUT2D eigenvalue weighted by Gasteiger charge is -2.14. The number of aryl methyl sites for hydroxylation is 1. The monoisotopic (exact) mass is 229 g/mol. The summed E-state index contributed by atoms with van der Waals surface area (Å²) in [5.74, 6) is -0.251. The Bertz CT molecular complexity index is 479. The van der Waals surface area contributed by atoms with E-state index in [4.69, 9.17) is 5.73 Å². The van der Waals surface area contributed by atoms with E-state index in [1.807, 2.05) is 31.2 Å². The second-order valence-electron chi connectivity index (χ2n) is 4.35. The van der Waals surface area contributed by atoms with E-state index in [0.29, 0.717) is 25.0 Å². The van der Waals surface area contributed by atoms with Gasteiger partial charge in [-0.15, -0.1) is 0 Å². The first-order chi connectivity index (χ1) is 8.09. The highest BCUT2D eigenvalue weighted by atomic mass is 16.1. The Hall–Kier alpha value is -1.90. The predicted octanol–water partition coefficient (Wildman–Crippen LogP) is 1.99. The predicted molar refractivity (Wildman–Crippen MR) is 66.2 cm³/mol. The van der Waals surface area contributed by atoms with Crippen molar-refractivity contribution in [2.45, 2.75) is 26.2 Å². The van der Waals surface area contributed by atoms with Gasteiger partial charge in [0.2, 0.25) is 0 Å². The van der Waals surface area contributed by atoms with Crippen molar-refractivity contribution in [2.75, 3.05) is 0 Å². The number of benzene rings is 1. The minimum Gasteiger partial charge on any atom is -0.398 e. The summed E-state index contributed by atoms with van der Waals surface area (Å²) >= 11 is 0. The van der Waals surface area contributed by atoms with Crippen molar-refractivity contribution in [3.05, 3.63) is 41.0 Å². The van der Waals surface area contributed by atoms with Crippen LogP contribution in [0.3, 0.4) is 0 Å². The Kier molecular flexibility index (Phi) is 3.09. The molecule has 88 valence electrons. The molecule has 3 heteroatoms. The van der Waals surface area contributed by atoms with Gasteiger partial charge in [-0.3, -0.25) is 9.59 Å². The summed E-state index contributed by atoms with van der Waals surface area (Å²) in [6.45, 7) is 1.98. The molecule has 0 unspecified atom stereocenters. The molecule has 2 N–H and O–H groups in total. The van der Waals surface area contributed by atoms with Gasteiger partial charge in [0.05, 0.1) is 11.3 Å². The summed E-state index contributed by atoms with van der Waals surface area (Å²) in [5, 5.41) is 0. The minimum atomic E-state index is -0.126. The van der Waals surface area contributed by atoms with Crippen molar-refractivity contribution in [3.63, 3.8) is 0 Å². The fourth-order valence-electron chi connectivity index (χ4n) is 1.99. The molecule has 0 spiro atoms. The van der Waals surface area contributed by atoms with E-state index >= 15 is 0 Å². The first-order valence-electron chi connectivity index (χ1n) is 5.73. The van der Waals surface area contributed by atoms with Crippen LogP contribution in [0.15, 0.2) is 29.8 Å². The Morgan fingerprint density at radius 1 is 1.06 bits per heavy atom. The van der Waals surface area contributed by atoms with Crippen LogP contribution in [-0.4, -0.2) is 11.6 Å². The third kappa shape index (κ3) is 2.28. The van der Waals surface area contributed by atoms with Crippen LogP contribution < -0.4 is 5.73 Å². The normalized spacial score (nSPS) is 16.2. The second kappa shape index (κ2) is 4.53. The summed E-state index contributed by atoms with van der Waals surface area (Å²) in [4.78, 5) is 23.5. The van der Waals surface area contributed by atoms with E-state index in [1.54, 1.807) is 0 Å². The highest BCUT2D eigenvalue weighted by Crippen LogP contribution is 2.23. The van der Waals surface area contributed by atoms with Crippen molar-refractivity contribution < 1.29 is 9.59 Å². The van der Waals surface area contributed by atoms with Gasteiger partial charge in [-0.2, -0.15) is 0 Å². The molecular formula is C14H15NO2. The van der Waals surface area contributed by atoms with Crippen LogP contribution in [0.25, 0.3) is 5.70 Å². The topological polar surface area (TPSA) is 60.2 Å². The van der Waals surface area contributed by atoms with Gasteiger partial charge in [-0.1, -0.05) is 29.8 Å². The molecule has 0 radical (unpaired) electrons. The Balaban J connectivity index is 2.45. The summed E-state index contributed by atoms with van der Waals surface area (Å²) < 4.78 is 0. The van der Waals surface area contributed by atoms with Crippen LogP contribution in [0.5, 0.6) is 0 Å². The summed E-state index contributed by atoms with van der Waals surface area (Å²) in [6, 6.07) is 7.51. The lowest BCUT2D eigenvalue weighted by molar-refractivity contribution is -0.123. The molecule has 0 aliphatic heterocycles. The lowest BCUT2D eigenvalue weighted by Crippen LogP contribution is -2.22. The molecule has 0 aromatic heterocycles. The molecule has 0 amide bonds. The Morgan fingerprint density at radius 2 is 1.59 bits per heavy atom. The molecule has 3 nitrogen and oxygen atoms in total. The van der Waals surface area contributed by atoms with E-state index in [0.717, 1.165) is 11.1 Å². The number of allylic oxidation sites excluding steroid dienone is 1. The van der Waals surface area contributed by atoms with E-state index in [9.17, 15) is 9.59 Å². The Labute approximate surface area is 100 Å². The zero-order valence-electron chi connectivity index (χ0n) is 9.82. The maximum Gasteiger partial charge on any atom is 0.168 e. The Morgan fingerprint density at radius 3 is 2.12 bits per heavy atom. The zero-order valence-corrected chi connectivity index (χ0v) is 9.82. The maximum absolute atomic E-state index is 11.7. The van der Waals surface area contributed by atoms with Gasteiger partial charge in [0.25, 0.3) is 0 Å². The lowest BCUT2D eigenvalue weighted by atomic mass is 9.89. The standard InChI is InChI=1S/C14H15NO2/c1-9-5-7-10(8-6-9)14(15)13-11(16)3-2-4-12(13)17/h5-8H,2-4,15H2,1H3. The van der Waals surface area contributed by atoms with Gasteiger partial charge in [0.1, 0.15) is 0 Å². The zero-order chi connectivity index (χ0) is 12.4. The first kappa shape index (κ1) is 11.6. The van der Waals surface area contributed by atoms with E-state index in [1.165, 1.54) is 0 Å². The van der Waals surface area contributed by atoms with Crippen molar-refractivity contribution in [2.24, 2.45) is 5.73 Å². The van der Waals surface area contributed by atoms with Gasteiger partial charge in [-0.05, 0) is 18.9 Å². The first-order valence-corrected chi connectivity index (χ1v) is 5.73. The third-order valence-electron chi connectivity index (χ3n) is 3.00. The molecule has 1 aromatic carbocycles. The average Bonchev–Trinajstić information content (AvgIpc) is 2.29. The second-order valence-corrected chi connectivity index (χ2v) is 4.35. The van der Waals surface area contributed by atoms with Gasteiger partial charge in [-0.25, -0.2) is 0 Å². The summed E-state index contributed by atoms with van der Waals surface area (Å²) in [7, 11) is 0. The largest absolute Gasteiger partial charge is 0.398 e. The van der Waals surface area contributed by atoms with Crippen LogP contribution in [0.2, 0.25) is 0 Å². The van der Waals surface area contributed by atoms with Gasteiger partial charge in [0, 0.05) is 12.8 Å². The number of carbonyl (C=O) groups excluding carboxylic acids is 2. The third-order valence-corrected chi connectivity index (χ3v) is 3.00. The van der Waals surface area contributed by atoms with Crippen molar-refractivity contribution in [3.8, 4) is 0 Å². The molecule has 0 atom stereocenters. The number of ketones is 2. The number of Topliss-reactive ketones (excluding diaryl/α,β-unsaturated/α-hetero) is 2. The number of hydrogen-bond acceptors (Lipinski definition) is 3. The van der Waals surface area contributed by atoms with Gasteiger partial charge < -0.3 is 5.73 Å². The molecular weight excluding hydrogens is 214 g/mol. The molecule has 0 bridgehead atoms. The number of rotatable bonds is 1. The van der Waals surface area contributed by atoms with Crippen molar-refractivity contribution >= 4 is 17.3 Å². The quantitative estimate of drug-likeness (QED) is 0.591. The molecule has 1 aliphatic carbocycles. The van der Waals surface area contributed by atoms with E-state index < -0.39 is 0 Å². The smallest absolute Gasteiger partial charge is 0.168 e. The maximum atomic E-state index is 11.7. The van der Waals surface area contributed by atoms with Crippen LogP contribution in [0.1, 0.15) is 30.4 Å². The molecule has 0 saturated heterocycles. The molecule has 1 aromatic rings. The average molecular weight is 229 g/mol. The van der Waals surface area contributed by atoms with Gasteiger partial charge >= 0.3 is 0 Å². The summed E-state index contributed by atoms with van der Waals surface area (Å²) in [6.07, 6.45) is 1.49. The molecule has 0 heterocycles. The SMILES string of the molecule is Cc1ccc(C(N)=C2C(=O)CCCC2=O)cc1. The molecule has 1 saturated carbocycles. The molecule has 1 fully saturated rings. The highest BCUT2D eigenvalue weighted by molar-refractivity contribution is 6.26. The molecule has 17 heavy (non-hydrogen) atoms. The number of carbonyl (C=O) groups is 2. The van der Waals surface area contributed by atoms with Crippen molar-refractivity contribution in [1.29, 1.82) is 0 Å². The van der Waals surface area contributed by atoms with Gasteiger partial charge in [0.15, 0.2) is 11.6 Å². The van der Waals surface area contributed by atoms with Crippen LogP contribution in [-0.2, 0) is 9.59 Å². The van der Waals surface area contributed by atoms with Crippen LogP contribution >= 0.6 is 0 Å². The van der Waals surface area contributed by atoms with Crippen LogP contribution in [0.4, 0.5) is 0 Å². The number of hydrogen-bond donors (Lipinski definition) is 1. The molecule has 1 aliphatic rings. The van der Waals surface area contributed by atoms with Crippen molar-refractivity contribution in [1.82, 2.24) is 0 Å².